The molecular weight excluding hydrogens is 303 g/mol. The van der Waals surface area contributed by atoms with Crippen LogP contribution in [0.15, 0.2) is 83.9 Å². The second-order valence-electron chi connectivity index (χ2n) is 5.15. The second-order valence-corrected chi connectivity index (χ2v) is 5.15. The molecule has 1 N–H and O–H groups in total. The summed E-state index contributed by atoms with van der Waals surface area (Å²) in [6.45, 7) is 0. The van der Waals surface area contributed by atoms with Crippen LogP contribution in [0.4, 0.5) is 15.8 Å². The lowest BCUT2D eigenvalue weighted by atomic mass is 10.1. The predicted molar refractivity (Wildman–Crippen MR) is 94.5 cm³/mol. The van der Waals surface area contributed by atoms with Crippen LogP contribution in [0.1, 0.15) is 15.9 Å². The van der Waals surface area contributed by atoms with Crippen molar-refractivity contribution in [1.29, 1.82) is 0 Å². The molecule has 3 aromatic rings. The summed E-state index contributed by atoms with van der Waals surface area (Å²) in [4.78, 5) is 16.8. The lowest BCUT2D eigenvalue weighted by Gasteiger charge is -2.07. The highest BCUT2D eigenvalue weighted by Crippen LogP contribution is 2.20. The smallest absolute Gasteiger partial charge is 0.257 e. The van der Waals surface area contributed by atoms with E-state index in [1.807, 2.05) is 30.3 Å². The first-order valence-corrected chi connectivity index (χ1v) is 7.47. The molecule has 0 aliphatic heterocycles. The molecule has 0 bridgehead atoms. The van der Waals surface area contributed by atoms with Crippen molar-refractivity contribution in [2.45, 2.75) is 0 Å². The maximum Gasteiger partial charge on any atom is 0.257 e. The third-order valence-electron chi connectivity index (χ3n) is 3.38. The van der Waals surface area contributed by atoms with Crippen LogP contribution in [0.5, 0.6) is 0 Å². The number of para-hydroxylation sites is 2. The molecule has 0 radical (unpaired) electrons. The summed E-state index contributed by atoms with van der Waals surface area (Å²) in [5, 5.41) is 2.83. The number of nitrogens with zero attached hydrogens (tertiary/aromatic N) is 1. The van der Waals surface area contributed by atoms with E-state index in [4.69, 9.17) is 0 Å². The molecule has 0 spiro atoms. The Balaban J connectivity index is 1.84. The van der Waals surface area contributed by atoms with E-state index in [0.29, 0.717) is 22.5 Å². The fourth-order valence-electron chi connectivity index (χ4n) is 2.23. The number of hydrogen-bond donors (Lipinski definition) is 1. The standard InChI is InChI=1S/C20H15FN2O/c21-16-8-6-7-15(13-16)14-22-19-12-5-4-11-18(19)20(24)23-17-9-2-1-3-10-17/h1-14H,(H,23,24)/b22-14+. The van der Waals surface area contributed by atoms with Crippen LogP contribution in [-0.4, -0.2) is 12.1 Å². The second kappa shape index (κ2) is 7.33. The van der Waals surface area contributed by atoms with Crippen LogP contribution < -0.4 is 5.32 Å². The number of carbonyl (C=O) groups excluding carboxylic acids is 1. The minimum atomic E-state index is -0.325. The Morgan fingerprint density at radius 2 is 1.67 bits per heavy atom. The summed E-state index contributed by atoms with van der Waals surface area (Å²) >= 11 is 0. The van der Waals surface area contributed by atoms with Crippen molar-refractivity contribution in [3.05, 3.63) is 95.8 Å². The zero-order chi connectivity index (χ0) is 16.8. The number of carbonyl (C=O) groups is 1. The summed E-state index contributed by atoms with van der Waals surface area (Å²) in [6.07, 6.45) is 1.54. The molecule has 0 aliphatic rings. The largest absolute Gasteiger partial charge is 0.322 e. The van der Waals surface area contributed by atoms with Crippen molar-refractivity contribution >= 4 is 23.5 Å². The third-order valence-corrected chi connectivity index (χ3v) is 3.38. The molecule has 0 aromatic heterocycles. The summed E-state index contributed by atoms with van der Waals surface area (Å²) in [5.41, 5.74) is 2.32. The van der Waals surface area contributed by atoms with E-state index < -0.39 is 0 Å². The maximum absolute atomic E-state index is 13.2. The molecule has 1 amide bonds. The van der Waals surface area contributed by atoms with Gasteiger partial charge < -0.3 is 5.32 Å². The van der Waals surface area contributed by atoms with Gasteiger partial charge in [0.05, 0.1) is 11.3 Å². The van der Waals surface area contributed by atoms with Gasteiger partial charge in [-0.25, -0.2) is 4.39 Å². The van der Waals surface area contributed by atoms with E-state index in [2.05, 4.69) is 10.3 Å². The number of halogens is 1. The van der Waals surface area contributed by atoms with E-state index in [1.54, 1.807) is 36.4 Å². The van der Waals surface area contributed by atoms with Crippen LogP contribution in [-0.2, 0) is 0 Å². The molecule has 0 aliphatic carbocycles. The van der Waals surface area contributed by atoms with Crippen molar-refractivity contribution in [2.24, 2.45) is 4.99 Å². The van der Waals surface area contributed by atoms with Gasteiger partial charge in [0.15, 0.2) is 0 Å². The minimum absolute atomic E-state index is 0.242. The fourth-order valence-corrected chi connectivity index (χ4v) is 2.23. The average Bonchev–Trinajstić information content (AvgIpc) is 2.61. The molecule has 3 nitrogen and oxygen atoms in total. The predicted octanol–water partition coefficient (Wildman–Crippen LogP) is 4.83. The van der Waals surface area contributed by atoms with E-state index >= 15 is 0 Å². The van der Waals surface area contributed by atoms with Gasteiger partial charge >= 0.3 is 0 Å². The van der Waals surface area contributed by atoms with E-state index in [9.17, 15) is 9.18 Å². The highest BCUT2D eigenvalue weighted by atomic mass is 19.1. The van der Waals surface area contributed by atoms with Crippen LogP contribution in [0.25, 0.3) is 0 Å². The Labute approximate surface area is 139 Å². The van der Waals surface area contributed by atoms with Crippen molar-refractivity contribution in [3.8, 4) is 0 Å². The topological polar surface area (TPSA) is 41.5 Å². The molecular formula is C20H15FN2O. The summed E-state index contributed by atoms with van der Waals surface area (Å²) in [5.74, 6) is -0.567. The highest BCUT2D eigenvalue weighted by molar-refractivity contribution is 6.08. The van der Waals surface area contributed by atoms with Gasteiger partial charge in [0, 0.05) is 11.9 Å². The number of benzene rings is 3. The monoisotopic (exact) mass is 318 g/mol. The molecule has 0 heterocycles. The number of rotatable bonds is 4. The number of nitrogens with one attached hydrogen (secondary N) is 1. The lowest BCUT2D eigenvalue weighted by molar-refractivity contribution is 0.102. The molecule has 4 heteroatoms. The van der Waals surface area contributed by atoms with E-state index in [0.717, 1.165) is 0 Å². The van der Waals surface area contributed by atoms with Crippen LogP contribution in [0.3, 0.4) is 0 Å². The van der Waals surface area contributed by atoms with Gasteiger partial charge in [0.25, 0.3) is 5.91 Å². The van der Waals surface area contributed by atoms with Gasteiger partial charge in [-0.3, -0.25) is 9.79 Å². The zero-order valence-electron chi connectivity index (χ0n) is 12.8. The van der Waals surface area contributed by atoms with Crippen LogP contribution in [0.2, 0.25) is 0 Å². The molecule has 118 valence electrons. The summed E-state index contributed by atoms with van der Waals surface area (Å²) in [6, 6.07) is 22.4. The Hall–Kier alpha value is -3.27. The van der Waals surface area contributed by atoms with Crippen LogP contribution >= 0.6 is 0 Å². The third kappa shape index (κ3) is 3.93. The number of amides is 1. The van der Waals surface area contributed by atoms with Gasteiger partial charge in [0.2, 0.25) is 0 Å². The van der Waals surface area contributed by atoms with Gasteiger partial charge in [-0.2, -0.15) is 0 Å². The summed E-state index contributed by atoms with van der Waals surface area (Å²) < 4.78 is 13.2. The molecule has 0 saturated heterocycles. The van der Waals surface area contributed by atoms with E-state index in [1.165, 1.54) is 18.3 Å². The lowest BCUT2D eigenvalue weighted by Crippen LogP contribution is -2.11. The van der Waals surface area contributed by atoms with Crippen molar-refractivity contribution in [3.63, 3.8) is 0 Å². The van der Waals surface area contributed by atoms with Crippen molar-refractivity contribution in [1.82, 2.24) is 0 Å². The van der Waals surface area contributed by atoms with Gasteiger partial charge in [0.1, 0.15) is 5.82 Å². The summed E-state index contributed by atoms with van der Waals surface area (Å²) in [7, 11) is 0. The molecule has 0 fully saturated rings. The van der Waals surface area contributed by atoms with E-state index in [-0.39, 0.29) is 11.7 Å². The maximum atomic E-state index is 13.2. The molecule has 3 aromatic carbocycles. The van der Waals surface area contributed by atoms with Crippen molar-refractivity contribution in [2.75, 3.05) is 5.32 Å². The average molecular weight is 318 g/mol. The molecule has 3 rings (SSSR count). The first-order valence-electron chi connectivity index (χ1n) is 7.47. The minimum Gasteiger partial charge on any atom is -0.322 e. The Bertz CT molecular complexity index is 876. The van der Waals surface area contributed by atoms with Gasteiger partial charge in [-0.15, -0.1) is 0 Å². The quantitative estimate of drug-likeness (QED) is 0.688. The molecule has 24 heavy (non-hydrogen) atoms. The molecule has 0 saturated carbocycles. The molecule has 0 unspecified atom stereocenters. The van der Waals surface area contributed by atoms with Crippen LogP contribution in [0, 0.1) is 5.82 Å². The van der Waals surface area contributed by atoms with Gasteiger partial charge in [-0.05, 0) is 42.0 Å². The normalized spacial score (nSPS) is 10.7. The fraction of sp³-hybridized carbons (Fsp3) is 0. The zero-order valence-corrected chi connectivity index (χ0v) is 12.8. The Morgan fingerprint density at radius 1 is 0.917 bits per heavy atom. The Morgan fingerprint density at radius 3 is 2.46 bits per heavy atom. The Kier molecular flexibility index (Phi) is 4.77. The van der Waals surface area contributed by atoms with Gasteiger partial charge in [-0.1, -0.05) is 42.5 Å². The first kappa shape index (κ1) is 15.6. The number of anilines is 1. The first-order chi connectivity index (χ1) is 11.7. The highest BCUT2D eigenvalue weighted by Gasteiger charge is 2.10. The number of hydrogen-bond acceptors (Lipinski definition) is 2. The SMILES string of the molecule is O=C(Nc1ccccc1)c1ccccc1/N=C/c1cccc(F)c1. The number of aliphatic imine (C=N–C) groups is 1. The van der Waals surface area contributed by atoms with Crippen molar-refractivity contribution < 1.29 is 9.18 Å². The molecule has 0 atom stereocenters.